The number of ether oxygens (including phenoxy) is 1. The Balaban J connectivity index is 1.38. The molecule has 4 rings (SSSR count). The van der Waals surface area contributed by atoms with E-state index in [4.69, 9.17) is 4.74 Å². The van der Waals surface area contributed by atoms with Crippen LogP contribution in [0.5, 0.6) is 5.75 Å². The summed E-state index contributed by atoms with van der Waals surface area (Å²) in [6, 6.07) is 13.2. The van der Waals surface area contributed by atoms with Crippen molar-refractivity contribution < 1.29 is 22.3 Å². The lowest BCUT2D eigenvalue weighted by molar-refractivity contribution is 0.285. The molecule has 0 N–H and O–H groups in total. The molecule has 5 heteroatoms. The van der Waals surface area contributed by atoms with E-state index < -0.39 is 23.3 Å². The first-order valence-corrected chi connectivity index (χ1v) is 14.8. The fourth-order valence-corrected chi connectivity index (χ4v) is 5.48. The van der Waals surface area contributed by atoms with Crippen molar-refractivity contribution in [2.45, 2.75) is 84.0 Å². The maximum Gasteiger partial charge on any atom is 0.201 e. The van der Waals surface area contributed by atoms with Gasteiger partial charge >= 0.3 is 0 Å². The maximum atomic E-state index is 14.9. The van der Waals surface area contributed by atoms with Gasteiger partial charge < -0.3 is 4.74 Å². The Hall–Kier alpha value is -3.08. The molecule has 1 aliphatic rings. The predicted molar refractivity (Wildman–Crippen MR) is 156 cm³/mol. The first kappa shape index (κ1) is 29.9. The van der Waals surface area contributed by atoms with Crippen molar-refractivity contribution in [3.8, 4) is 16.9 Å². The highest BCUT2D eigenvalue weighted by molar-refractivity contribution is 5.73. The van der Waals surface area contributed by atoms with Crippen molar-refractivity contribution in [3.05, 3.63) is 88.5 Å². The van der Waals surface area contributed by atoms with E-state index in [9.17, 15) is 17.6 Å². The summed E-state index contributed by atoms with van der Waals surface area (Å²) < 4.78 is 64.7. The van der Waals surface area contributed by atoms with E-state index in [2.05, 4.69) is 13.8 Å². The van der Waals surface area contributed by atoms with Crippen LogP contribution in [0.1, 0.15) is 101 Å². The Kier molecular flexibility index (Phi) is 10.9. The van der Waals surface area contributed by atoms with Gasteiger partial charge in [-0.15, -0.1) is 0 Å². The average molecular weight is 553 g/mol. The smallest absolute Gasteiger partial charge is 0.201 e. The SMILES string of the molecule is CCCCCCCCOc1ccc(-c2ccc(/C=C/c3ccc(C4CCC(C)CC4)c(F)c3F)cc2)c(F)c1F. The summed E-state index contributed by atoms with van der Waals surface area (Å²) in [4.78, 5) is 0. The van der Waals surface area contributed by atoms with E-state index in [0.29, 0.717) is 23.7 Å². The third-order valence-corrected chi connectivity index (χ3v) is 8.08. The minimum absolute atomic E-state index is 0.0717. The lowest BCUT2D eigenvalue weighted by Crippen LogP contribution is -2.13. The molecule has 0 radical (unpaired) electrons. The van der Waals surface area contributed by atoms with Gasteiger partial charge in [0.25, 0.3) is 0 Å². The van der Waals surface area contributed by atoms with Gasteiger partial charge in [-0.3, -0.25) is 0 Å². The van der Waals surface area contributed by atoms with Crippen LogP contribution in [0.4, 0.5) is 17.6 Å². The van der Waals surface area contributed by atoms with Gasteiger partial charge in [-0.1, -0.05) is 107 Å². The summed E-state index contributed by atoms with van der Waals surface area (Å²) in [7, 11) is 0. The normalized spacial score (nSPS) is 17.4. The summed E-state index contributed by atoms with van der Waals surface area (Å²) in [6.45, 7) is 4.72. The van der Waals surface area contributed by atoms with Gasteiger partial charge in [-0.05, 0) is 59.9 Å². The summed E-state index contributed by atoms with van der Waals surface area (Å²) in [5.74, 6) is -2.89. The van der Waals surface area contributed by atoms with Crippen LogP contribution in [-0.2, 0) is 0 Å². The number of unbranched alkanes of at least 4 members (excludes halogenated alkanes) is 5. The molecule has 0 atom stereocenters. The number of hydrogen-bond donors (Lipinski definition) is 0. The van der Waals surface area contributed by atoms with E-state index in [1.54, 1.807) is 42.5 Å². The first-order chi connectivity index (χ1) is 19.4. The van der Waals surface area contributed by atoms with Crippen LogP contribution in [0.3, 0.4) is 0 Å². The van der Waals surface area contributed by atoms with Crippen LogP contribution in [0.2, 0.25) is 0 Å². The van der Waals surface area contributed by atoms with Crippen molar-refractivity contribution in [1.29, 1.82) is 0 Å². The maximum absolute atomic E-state index is 14.9. The van der Waals surface area contributed by atoms with Gasteiger partial charge in [0.05, 0.1) is 6.61 Å². The van der Waals surface area contributed by atoms with Gasteiger partial charge in [0, 0.05) is 11.1 Å². The zero-order valence-electron chi connectivity index (χ0n) is 23.6. The topological polar surface area (TPSA) is 9.23 Å². The van der Waals surface area contributed by atoms with Crippen LogP contribution in [0.25, 0.3) is 23.3 Å². The Bertz CT molecular complexity index is 1270. The average Bonchev–Trinajstić information content (AvgIpc) is 2.96. The number of rotatable bonds is 12. The van der Waals surface area contributed by atoms with Gasteiger partial charge in [-0.25, -0.2) is 13.2 Å². The van der Waals surface area contributed by atoms with Crippen molar-refractivity contribution in [3.63, 3.8) is 0 Å². The molecule has 0 aromatic heterocycles. The molecule has 3 aromatic rings. The summed E-state index contributed by atoms with van der Waals surface area (Å²) in [5, 5.41) is 0. The van der Waals surface area contributed by atoms with Crippen LogP contribution in [0.15, 0.2) is 48.5 Å². The molecule has 0 amide bonds. The number of benzene rings is 3. The van der Waals surface area contributed by atoms with E-state index in [1.807, 2.05) is 0 Å². The van der Waals surface area contributed by atoms with Crippen molar-refractivity contribution >= 4 is 12.2 Å². The minimum atomic E-state index is -0.990. The Morgan fingerprint density at radius 3 is 2.12 bits per heavy atom. The van der Waals surface area contributed by atoms with Gasteiger partial charge in [0.1, 0.15) is 0 Å². The molecule has 0 spiro atoms. The molecule has 0 saturated heterocycles. The summed E-state index contributed by atoms with van der Waals surface area (Å²) >= 11 is 0. The first-order valence-electron chi connectivity index (χ1n) is 14.8. The molecule has 0 heterocycles. The Morgan fingerprint density at radius 2 is 1.40 bits per heavy atom. The fourth-order valence-electron chi connectivity index (χ4n) is 5.48. The number of hydrogen-bond acceptors (Lipinski definition) is 1. The molecule has 0 unspecified atom stereocenters. The molecule has 214 valence electrons. The largest absolute Gasteiger partial charge is 0.490 e. The number of halogens is 4. The van der Waals surface area contributed by atoms with Gasteiger partial charge in [0.2, 0.25) is 5.82 Å². The second kappa shape index (κ2) is 14.5. The molecule has 3 aromatic carbocycles. The van der Waals surface area contributed by atoms with E-state index >= 15 is 0 Å². The van der Waals surface area contributed by atoms with Crippen molar-refractivity contribution in [2.24, 2.45) is 5.92 Å². The standard InChI is InChI=1S/C35H40F4O/c1-3-4-5-6-7-8-23-40-31-22-21-30(34(38)35(31)39)27-16-11-25(12-17-27)13-18-28-19-20-29(33(37)32(28)36)26-14-9-24(2)10-15-26/h11-13,16-22,24,26H,3-10,14-15,23H2,1-2H3/b18-13+. The zero-order chi connectivity index (χ0) is 28.5. The molecule has 1 aliphatic carbocycles. The second-order valence-electron chi connectivity index (χ2n) is 11.1. The highest BCUT2D eigenvalue weighted by Gasteiger charge is 2.24. The van der Waals surface area contributed by atoms with Gasteiger partial charge in [0.15, 0.2) is 23.2 Å². The third-order valence-electron chi connectivity index (χ3n) is 8.08. The van der Waals surface area contributed by atoms with Crippen LogP contribution < -0.4 is 4.74 Å². The molecule has 0 aliphatic heterocycles. The molecule has 40 heavy (non-hydrogen) atoms. The molecular formula is C35H40F4O. The Labute approximate surface area is 236 Å². The lowest BCUT2D eigenvalue weighted by atomic mass is 9.79. The van der Waals surface area contributed by atoms with Crippen molar-refractivity contribution in [1.82, 2.24) is 0 Å². The van der Waals surface area contributed by atoms with Crippen LogP contribution in [0, 0.1) is 29.2 Å². The summed E-state index contributed by atoms with van der Waals surface area (Å²) in [6.07, 6.45) is 13.6. The van der Waals surface area contributed by atoms with Crippen molar-refractivity contribution in [2.75, 3.05) is 6.61 Å². The van der Waals surface area contributed by atoms with E-state index in [0.717, 1.165) is 50.5 Å². The lowest BCUT2D eigenvalue weighted by Gasteiger charge is -2.27. The van der Waals surface area contributed by atoms with Gasteiger partial charge in [-0.2, -0.15) is 4.39 Å². The minimum Gasteiger partial charge on any atom is -0.490 e. The highest BCUT2D eigenvalue weighted by Crippen LogP contribution is 2.37. The second-order valence-corrected chi connectivity index (χ2v) is 11.1. The molecule has 0 bridgehead atoms. The van der Waals surface area contributed by atoms with E-state index in [1.165, 1.54) is 37.5 Å². The van der Waals surface area contributed by atoms with Crippen LogP contribution >= 0.6 is 0 Å². The monoisotopic (exact) mass is 552 g/mol. The third kappa shape index (κ3) is 7.56. The summed E-state index contributed by atoms with van der Waals surface area (Å²) in [5.41, 5.74) is 2.03. The molecule has 1 nitrogen and oxygen atoms in total. The quantitative estimate of drug-likeness (QED) is 0.123. The van der Waals surface area contributed by atoms with Crippen LogP contribution in [-0.4, -0.2) is 6.61 Å². The highest BCUT2D eigenvalue weighted by atomic mass is 19.2. The zero-order valence-corrected chi connectivity index (χ0v) is 23.6. The molecule has 1 saturated carbocycles. The Morgan fingerprint density at radius 1 is 0.700 bits per heavy atom. The van der Waals surface area contributed by atoms with E-state index in [-0.39, 0.29) is 22.8 Å². The fraction of sp³-hybridized carbons (Fsp3) is 0.429. The molecule has 1 fully saturated rings. The molecular weight excluding hydrogens is 512 g/mol. The predicted octanol–water partition coefficient (Wildman–Crippen LogP) is 11.1.